The Morgan fingerprint density at radius 3 is 2.39 bits per heavy atom. The highest BCUT2D eigenvalue weighted by molar-refractivity contribution is 5.79. The van der Waals surface area contributed by atoms with Crippen LogP contribution < -0.4 is 5.32 Å². The molecule has 1 saturated carbocycles. The Labute approximate surface area is 109 Å². The van der Waals surface area contributed by atoms with E-state index in [1.807, 2.05) is 0 Å². The van der Waals surface area contributed by atoms with Crippen molar-refractivity contribution < 1.29 is 14.6 Å². The zero-order valence-corrected chi connectivity index (χ0v) is 11.1. The molecule has 2 rings (SSSR count). The second kappa shape index (κ2) is 7.10. The summed E-state index contributed by atoms with van der Waals surface area (Å²) in [5.74, 6) is 1.05. The number of hydrogen-bond donors (Lipinski definition) is 2. The third kappa shape index (κ3) is 3.95. The second-order valence-corrected chi connectivity index (χ2v) is 5.63. The van der Waals surface area contributed by atoms with Gasteiger partial charge in [0.25, 0.3) is 0 Å². The summed E-state index contributed by atoms with van der Waals surface area (Å²) in [6, 6.07) is 0.357. The minimum absolute atomic E-state index is 0.161. The van der Waals surface area contributed by atoms with Gasteiger partial charge in [-0.25, -0.2) is 0 Å². The Morgan fingerprint density at radius 2 is 1.78 bits per heavy atom. The van der Waals surface area contributed by atoms with Gasteiger partial charge in [-0.05, 0) is 50.9 Å². The van der Waals surface area contributed by atoms with Gasteiger partial charge in [-0.2, -0.15) is 0 Å². The van der Waals surface area contributed by atoms with Gasteiger partial charge in [-0.15, -0.1) is 0 Å². The van der Waals surface area contributed by atoms with E-state index in [0.29, 0.717) is 18.6 Å². The highest BCUT2D eigenvalue weighted by Crippen LogP contribution is 2.27. The molecule has 4 heteroatoms. The lowest BCUT2D eigenvalue weighted by molar-refractivity contribution is -0.128. The van der Waals surface area contributed by atoms with Gasteiger partial charge >= 0.3 is 0 Å². The van der Waals surface area contributed by atoms with E-state index in [1.54, 1.807) is 0 Å². The summed E-state index contributed by atoms with van der Waals surface area (Å²) in [7, 11) is 0. The van der Waals surface area contributed by atoms with Gasteiger partial charge in [0.05, 0.1) is 0 Å². The van der Waals surface area contributed by atoms with Crippen LogP contribution in [0.5, 0.6) is 0 Å². The van der Waals surface area contributed by atoms with E-state index < -0.39 is 0 Å². The summed E-state index contributed by atoms with van der Waals surface area (Å²) >= 11 is 0. The molecular formula is C14H25NO3. The van der Waals surface area contributed by atoms with Crippen LogP contribution in [0.1, 0.15) is 44.9 Å². The van der Waals surface area contributed by atoms with Gasteiger partial charge in [-0.1, -0.05) is 0 Å². The second-order valence-electron chi connectivity index (χ2n) is 5.63. The quantitative estimate of drug-likeness (QED) is 0.800. The monoisotopic (exact) mass is 255 g/mol. The summed E-state index contributed by atoms with van der Waals surface area (Å²) < 4.78 is 5.28. The Kier molecular flexibility index (Phi) is 5.45. The SMILES string of the molecule is O=C(NC1CCC(CCO)CC1)C1CCOCC1. The number of aliphatic hydroxyl groups excluding tert-OH is 1. The van der Waals surface area contributed by atoms with Gasteiger partial charge in [0.15, 0.2) is 0 Å². The van der Waals surface area contributed by atoms with Crippen LogP contribution in [-0.4, -0.2) is 36.9 Å². The average molecular weight is 255 g/mol. The minimum Gasteiger partial charge on any atom is -0.396 e. The van der Waals surface area contributed by atoms with Gasteiger partial charge in [0.1, 0.15) is 0 Å². The Bertz CT molecular complexity index is 256. The predicted molar refractivity (Wildman–Crippen MR) is 69.1 cm³/mol. The summed E-state index contributed by atoms with van der Waals surface area (Å²) in [6.45, 7) is 1.74. The highest BCUT2D eigenvalue weighted by Gasteiger charge is 2.26. The largest absolute Gasteiger partial charge is 0.396 e. The van der Waals surface area contributed by atoms with Crippen LogP contribution in [0.2, 0.25) is 0 Å². The molecule has 4 nitrogen and oxygen atoms in total. The van der Waals surface area contributed by atoms with E-state index in [0.717, 1.165) is 58.2 Å². The maximum atomic E-state index is 12.1. The molecule has 0 aromatic carbocycles. The van der Waals surface area contributed by atoms with Crippen LogP contribution in [0.4, 0.5) is 0 Å². The fourth-order valence-electron chi connectivity index (χ4n) is 3.06. The van der Waals surface area contributed by atoms with Crippen molar-refractivity contribution in [3.05, 3.63) is 0 Å². The Hall–Kier alpha value is -0.610. The number of carbonyl (C=O) groups excluding carboxylic acids is 1. The van der Waals surface area contributed by atoms with E-state index in [-0.39, 0.29) is 11.8 Å². The van der Waals surface area contributed by atoms with E-state index in [1.165, 1.54) is 0 Å². The zero-order chi connectivity index (χ0) is 12.8. The van der Waals surface area contributed by atoms with Crippen LogP contribution in [0, 0.1) is 11.8 Å². The van der Waals surface area contributed by atoms with Gasteiger partial charge in [-0.3, -0.25) is 4.79 Å². The first-order valence-corrected chi connectivity index (χ1v) is 7.28. The molecule has 2 N–H and O–H groups in total. The van der Waals surface area contributed by atoms with E-state index in [2.05, 4.69) is 5.32 Å². The van der Waals surface area contributed by atoms with Crippen LogP contribution in [0.15, 0.2) is 0 Å². The first-order chi connectivity index (χ1) is 8.79. The molecule has 18 heavy (non-hydrogen) atoms. The number of aliphatic hydroxyl groups is 1. The normalized spacial score (nSPS) is 30.1. The lowest BCUT2D eigenvalue weighted by Crippen LogP contribution is -2.42. The molecule has 1 aliphatic heterocycles. The number of hydrogen-bond acceptors (Lipinski definition) is 3. The third-order valence-corrected chi connectivity index (χ3v) is 4.32. The lowest BCUT2D eigenvalue weighted by Gasteiger charge is -2.30. The van der Waals surface area contributed by atoms with E-state index >= 15 is 0 Å². The highest BCUT2D eigenvalue weighted by atomic mass is 16.5. The molecule has 1 heterocycles. The zero-order valence-electron chi connectivity index (χ0n) is 11.1. The summed E-state index contributed by atoms with van der Waals surface area (Å²) in [5, 5.41) is 12.1. The maximum absolute atomic E-state index is 12.1. The predicted octanol–water partition coefficient (Wildman–Crippen LogP) is 1.47. The van der Waals surface area contributed by atoms with Crippen LogP contribution in [0.3, 0.4) is 0 Å². The van der Waals surface area contributed by atoms with Crippen LogP contribution >= 0.6 is 0 Å². The van der Waals surface area contributed by atoms with Gasteiger partial charge in [0, 0.05) is 31.8 Å². The van der Waals surface area contributed by atoms with Crippen LogP contribution in [-0.2, 0) is 9.53 Å². The summed E-state index contributed by atoms with van der Waals surface area (Å²) in [4.78, 5) is 12.1. The fraction of sp³-hybridized carbons (Fsp3) is 0.929. The first-order valence-electron chi connectivity index (χ1n) is 7.28. The minimum atomic E-state index is 0.161. The molecule has 1 saturated heterocycles. The number of amides is 1. The number of rotatable bonds is 4. The molecule has 0 atom stereocenters. The average Bonchev–Trinajstić information content (AvgIpc) is 2.42. The first kappa shape index (κ1) is 13.8. The van der Waals surface area contributed by atoms with Crippen molar-refractivity contribution >= 4 is 5.91 Å². The topological polar surface area (TPSA) is 58.6 Å². The van der Waals surface area contributed by atoms with Crippen LogP contribution in [0.25, 0.3) is 0 Å². The smallest absolute Gasteiger partial charge is 0.223 e. The molecule has 2 aliphatic rings. The van der Waals surface area contributed by atoms with Crippen molar-refractivity contribution in [2.45, 2.75) is 51.0 Å². The van der Waals surface area contributed by atoms with Crippen molar-refractivity contribution in [2.75, 3.05) is 19.8 Å². The third-order valence-electron chi connectivity index (χ3n) is 4.32. The number of carbonyl (C=O) groups is 1. The molecule has 0 aromatic heterocycles. The van der Waals surface area contributed by atoms with E-state index in [4.69, 9.17) is 9.84 Å². The number of ether oxygens (including phenoxy) is 1. The molecule has 0 bridgehead atoms. The summed E-state index contributed by atoms with van der Waals surface area (Å²) in [5.41, 5.74) is 0. The molecule has 0 aromatic rings. The van der Waals surface area contributed by atoms with E-state index in [9.17, 15) is 4.79 Å². The maximum Gasteiger partial charge on any atom is 0.223 e. The summed E-state index contributed by atoms with van der Waals surface area (Å²) in [6.07, 6.45) is 7.07. The Morgan fingerprint density at radius 1 is 1.11 bits per heavy atom. The molecule has 1 amide bonds. The molecule has 0 unspecified atom stereocenters. The van der Waals surface area contributed by atoms with Crippen molar-refractivity contribution in [2.24, 2.45) is 11.8 Å². The van der Waals surface area contributed by atoms with Crippen molar-refractivity contribution in [1.82, 2.24) is 5.32 Å². The molecule has 1 aliphatic carbocycles. The van der Waals surface area contributed by atoms with Gasteiger partial charge < -0.3 is 15.2 Å². The lowest BCUT2D eigenvalue weighted by atomic mass is 9.84. The van der Waals surface area contributed by atoms with Crippen molar-refractivity contribution in [3.8, 4) is 0 Å². The molecule has 0 radical (unpaired) electrons. The van der Waals surface area contributed by atoms with Crippen molar-refractivity contribution in [3.63, 3.8) is 0 Å². The fourth-order valence-corrected chi connectivity index (χ4v) is 3.06. The Balaban J connectivity index is 1.68. The molecule has 104 valence electrons. The standard InChI is InChI=1S/C14H25NO3/c16-8-5-11-1-3-13(4-2-11)15-14(17)12-6-9-18-10-7-12/h11-13,16H,1-10H2,(H,15,17). The molecule has 2 fully saturated rings. The molecular weight excluding hydrogens is 230 g/mol. The number of nitrogens with one attached hydrogen (secondary N) is 1. The van der Waals surface area contributed by atoms with Gasteiger partial charge in [0.2, 0.25) is 5.91 Å². The van der Waals surface area contributed by atoms with Crippen molar-refractivity contribution in [1.29, 1.82) is 0 Å². The molecule has 0 spiro atoms.